The monoisotopic (exact) mass is 287 g/mol. The van der Waals surface area contributed by atoms with Crippen molar-refractivity contribution < 1.29 is 19.8 Å². The lowest BCUT2D eigenvalue weighted by Crippen LogP contribution is -2.37. The molecule has 1 aliphatic heterocycles. The molecule has 0 unspecified atom stereocenters. The van der Waals surface area contributed by atoms with E-state index in [9.17, 15) is 14.7 Å². The first-order chi connectivity index (χ1) is 10.0. The molecule has 0 bridgehead atoms. The van der Waals surface area contributed by atoms with Crippen LogP contribution in [0.25, 0.3) is 0 Å². The number of carboxylic acid groups (broad SMARTS) is 1. The molecule has 2 N–H and O–H groups in total. The minimum absolute atomic E-state index is 0.0124. The number of piperidine rings is 1. The Labute approximate surface area is 122 Å². The number of amides is 1. The maximum Gasteiger partial charge on any atom is 0.407 e. The van der Waals surface area contributed by atoms with Gasteiger partial charge in [0.15, 0.2) is 5.78 Å². The average Bonchev–Trinajstić information content (AvgIpc) is 2.76. The van der Waals surface area contributed by atoms with Crippen molar-refractivity contribution >= 4 is 11.9 Å². The predicted octanol–water partition coefficient (Wildman–Crippen LogP) is 2.45. The zero-order valence-electron chi connectivity index (χ0n) is 11.6. The second-order valence-electron chi connectivity index (χ2n) is 5.65. The summed E-state index contributed by atoms with van der Waals surface area (Å²) in [6, 6.07) is 4.91. The van der Waals surface area contributed by atoms with Crippen LogP contribution in [0.5, 0.6) is 5.75 Å². The molecule has 1 heterocycles. The fourth-order valence-corrected chi connectivity index (χ4v) is 3.06. The van der Waals surface area contributed by atoms with E-state index in [0.717, 1.165) is 24.0 Å². The summed E-state index contributed by atoms with van der Waals surface area (Å²) in [6.07, 6.45) is 3.24. The normalized spacial score (nSPS) is 20.9. The molecule has 0 saturated carbocycles. The molecule has 0 aromatic heterocycles. The second-order valence-corrected chi connectivity index (χ2v) is 5.65. The van der Waals surface area contributed by atoms with Gasteiger partial charge < -0.3 is 15.1 Å². The highest BCUT2D eigenvalue weighted by Crippen LogP contribution is 2.31. The molecule has 0 spiro atoms. The first kappa shape index (κ1) is 13.7. The number of allylic oxidation sites excluding steroid dienone is 2. The first-order valence-corrected chi connectivity index (χ1v) is 7.10. The maximum atomic E-state index is 12.3. The van der Waals surface area contributed by atoms with Crippen molar-refractivity contribution in [3.63, 3.8) is 0 Å². The van der Waals surface area contributed by atoms with Gasteiger partial charge in [0.25, 0.3) is 0 Å². The molecule has 21 heavy (non-hydrogen) atoms. The van der Waals surface area contributed by atoms with Crippen LogP contribution in [0.15, 0.2) is 29.8 Å². The summed E-state index contributed by atoms with van der Waals surface area (Å²) in [4.78, 5) is 24.6. The van der Waals surface area contributed by atoms with Crippen LogP contribution in [-0.2, 0) is 6.42 Å². The SMILES string of the molecule is O=C1/C(=C/C2CCN(C(=O)O)CC2)Cc2ccc(O)cc21. The molecule has 5 nitrogen and oxygen atoms in total. The predicted molar refractivity (Wildman–Crippen MR) is 76.5 cm³/mol. The Bertz CT molecular complexity index is 627. The van der Waals surface area contributed by atoms with Crippen molar-refractivity contribution in [2.45, 2.75) is 19.3 Å². The summed E-state index contributed by atoms with van der Waals surface area (Å²) < 4.78 is 0. The zero-order valence-corrected chi connectivity index (χ0v) is 11.6. The van der Waals surface area contributed by atoms with E-state index in [-0.39, 0.29) is 17.5 Å². The first-order valence-electron chi connectivity index (χ1n) is 7.10. The number of Topliss-reactive ketones (excluding diaryl/α,β-unsaturated/α-hetero) is 1. The Morgan fingerprint density at radius 3 is 2.67 bits per heavy atom. The average molecular weight is 287 g/mol. The number of carbonyl (C=O) groups is 2. The van der Waals surface area contributed by atoms with Crippen LogP contribution in [0.4, 0.5) is 4.79 Å². The van der Waals surface area contributed by atoms with Crippen LogP contribution in [0.3, 0.4) is 0 Å². The van der Waals surface area contributed by atoms with E-state index in [1.165, 1.54) is 11.0 Å². The van der Waals surface area contributed by atoms with E-state index < -0.39 is 6.09 Å². The van der Waals surface area contributed by atoms with Gasteiger partial charge in [0.05, 0.1) is 0 Å². The highest BCUT2D eigenvalue weighted by molar-refractivity contribution is 6.13. The molecule has 1 saturated heterocycles. The van der Waals surface area contributed by atoms with E-state index in [1.54, 1.807) is 12.1 Å². The summed E-state index contributed by atoms with van der Waals surface area (Å²) in [5.74, 6) is 0.349. The Morgan fingerprint density at radius 2 is 2.00 bits per heavy atom. The molecule has 1 fully saturated rings. The number of likely N-dealkylation sites (tertiary alicyclic amines) is 1. The molecule has 0 atom stereocenters. The van der Waals surface area contributed by atoms with E-state index in [0.29, 0.717) is 25.1 Å². The number of benzene rings is 1. The number of aromatic hydroxyl groups is 1. The minimum atomic E-state index is -0.874. The number of rotatable bonds is 1. The molecule has 110 valence electrons. The molecule has 1 amide bonds. The lowest BCUT2D eigenvalue weighted by atomic mass is 9.93. The lowest BCUT2D eigenvalue weighted by molar-refractivity contribution is 0.103. The Kier molecular flexibility index (Phi) is 3.41. The molecular weight excluding hydrogens is 270 g/mol. The largest absolute Gasteiger partial charge is 0.508 e. The van der Waals surface area contributed by atoms with E-state index in [2.05, 4.69) is 0 Å². The molecule has 2 aliphatic rings. The summed E-state index contributed by atoms with van der Waals surface area (Å²) >= 11 is 0. The number of fused-ring (bicyclic) bond motifs is 1. The second kappa shape index (κ2) is 5.24. The third-order valence-corrected chi connectivity index (χ3v) is 4.26. The zero-order chi connectivity index (χ0) is 15.0. The van der Waals surface area contributed by atoms with Crippen molar-refractivity contribution in [3.05, 3.63) is 41.0 Å². The Morgan fingerprint density at radius 1 is 1.29 bits per heavy atom. The molecule has 5 heteroatoms. The molecule has 0 radical (unpaired) electrons. The van der Waals surface area contributed by atoms with Crippen LogP contribution in [-0.4, -0.2) is 40.1 Å². The smallest absolute Gasteiger partial charge is 0.407 e. The van der Waals surface area contributed by atoms with Gasteiger partial charge in [0, 0.05) is 30.6 Å². The van der Waals surface area contributed by atoms with Crippen molar-refractivity contribution in [3.8, 4) is 5.75 Å². The van der Waals surface area contributed by atoms with Gasteiger partial charge >= 0.3 is 6.09 Å². The molecule has 1 aromatic carbocycles. The van der Waals surface area contributed by atoms with Gasteiger partial charge in [-0.2, -0.15) is 0 Å². The number of nitrogens with zero attached hydrogens (tertiary/aromatic N) is 1. The van der Waals surface area contributed by atoms with Crippen molar-refractivity contribution in [2.24, 2.45) is 5.92 Å². The van der Waals surface area contributed by atoms with E-state index in [1.807, 2.05) is 6.08 Å². The van der Waals surface area contributed by atoms with Crippen LogP contribution in [0.2, 0.25) is 0 Å². The van der Waals surface area contributed by atoms with Gasteiger partial charge in [-0.1, -0.05) is 12.1 Å². The van der Waals surface area contributed by atoms with Gasteiger partial charge in [0.2, 0.25) is 0 Å². The molecule has 1 aliphatic carbocycles. The number of phenolic OH excluding ortho intramolecular Hbond substituents is 1. The van der Waals surface area contributed by atoms with Gasteiger partial charge in [-0.15, -0.1) is 0 Å². The summed E-state index contributed by atoms with van der Waals surface area (Å²) in [7, 11) is 0. The molecule has 3 rings (SSSR count). The van der Waals surface area contributed by atoms with Crippen LogP contribution >= 0.6 is 0 Å². The number of phenols is 1. The third kappa shape index (κ3) is 2.63. The summed E-state index contributed by atoms with van der Waals surface area (Å²) in [5, 5.41) is 18.4. The topological polar surface area (TPSA) is 77.8 Å². The highest BCUT2D eigenvalue weighted by atomic mass is 16.4. The molecule has 1 aromatic rings. The Balaban J connectivity index is 1.72. The fourth-order valence-electron chi connectivity index (χ4n) is 3.06. The van der Waals surface area contributed by atoms with Crippen molar-refractivity contribution in [2.75, 3.05) is 13.1 Å². The van der Waals surface area contributed by atoms with Crippen LogP contribution < -0.4 is 0 Å². The highest BCUT2D eigenvalue weighted by Gasteiger charge is 2.27. The van der Waals surface area contributed by atoms with Crippen molar-refractivity contribution in [1.82, 2.24) is 4.90 Å². The summed E-state index contributed by atoms with van der Waals surface area (Å²) in [5.41, 5.74) is 2.31. The van der Waals surface area contributed by atoms with Crippen LogP contribution in [0, 0.1) is 5.92 Å². The van der Waals surface area contributed by atoms with E-state index in [4.69, 9.17) is 5.11 Å². The minimum Gasteiger partial charge on any atom is -0.508 e. The quantitative estimate of drug-likeness (QED) is 0.778. The van der Waals surface area contributed by atoms with Crippen LogP contribution in [0.1, 0.15) is 28.8 Å². The summed E-state index contributed by atoms with van der Waals surface area (Å²) in [6.45, 7) is 1.04. The number of hydrogen-bond acceptors (Lipinski definition) is 3. The number of ketones is 1. The molecular formula is C16H17NO4. The van der Waals surface area contributed by atoms with Gasteiger partial charge in [0.1, 0.15) is 5.75 Å². The Hall–Kier alpha value is -2.30. The fraction of sp³-hybridized carbons (Fsp3) is 0.375. The van der Waals surface area contributed by atoms with Gasteiger partial charge in [-0.25, -0.2) is 4.79 Å². The number of hydrogen-bond donors (Lipinski definition) is 2. The van der Waals surface area contributed by atoms with Crippen molar-refractivity contribution in [1.29, 1.82) is 0 Å². The third-order valence-electron chi connectivity index (χ3n) is 4.26. The van der Waals surface area contributed by atoms with Gasteiger partial charge in [-0.3, -0.25) is 4.79 Å². The van der Waals surface area contributed by atoms with Gasteiger partial charge in [-0.05, 0) is 36.5 Å². The standard InChI is InChI=1S/C16H17NO4/c18-13-2-1-11-8-12(15(19)14(11)9-13)7-10-3-5-17(6-4-10)16(20)21/h1-2,7,9-10,18H,3-6,8H2,(H,20,21)/b12-7+. The lowest BCUT2D eigenvalue weighted by Gasteiger charge is -2.28. The number of carbonyl (C=O) groups excluding carboxylic acids is 1. The van der Waals surface area contributed by atoms with E-state index >= 15 is 0 Å². The maximum absolute atomic E-state index is 12.3.